The minimum absolute atomic E-state index is 0.178. The van der Waals surface area contributed by atoms with Gasteiger partial charge in [-0.3, -0.25) is 14.6 Å². The fourth-order valence-corrected chi connectivity index (χ4v) is 4.21. The molecule has 0 aliphatic carbocycles. The van der Waals surface area contributed by atoms with Gasteiger partial charge in [-0.25, -0.2) is 5.01 Å². The first-order valence-corrected chi connectivity index (χ1v) is 10.1. The monoisotopic (exact) mass is 408 g/mol. The number of carbonyl (C=O) groups excluding carboxylic acids is 1. The van der Waals surface area contributed by atoms with Crippen LogP contribution in [0.2, 0.25) is 0 Å². The van der Waals surface area contributed by atoms with E-state index >= 15 is 0 Å². The minimum Gasteiger partial charge on any atom is -0.321 e. The number of aromatic nitrogens is 2. The van der Waals surface area contributed by atoms with Gasteiger partial charge < -0.3 is 4.98 Å². The molecule has 1 N–H and O–H groups in total. The van der Waals surface area contributed by atoms with E-state index in [0.29, 0.717) is 17.7 Å². The molecule has 3 heterocycles. The van der Waals surface area contributed by atoms with Crippen molar-refractivity contribution in [2.45, 2.75) is 19.4 Å². The summed E-state index contributed by atoms with van der Waals surface area (Å²) < 4.78 is 0. The maximum atomic E-state index is 13.3. The van der Waals surface area contributed by atoms with Crippen molar-refractivity contribution in [1.82, 2.24) is 15.0 Å². The summed E-state index contributed by atoms with van der Waals surface area (Å²) in [6, 6.07) is 21.0. The van der Waals surface area contributed by atoms with E-state index in [9.17, 15) is 9.59 Å². The molecule has 2 aromatic heterocycles. The van der Waals surface area contributed by atoms with Crippen LogP contribution in [0.3, 0.4) is 0 Å². The largest absolute Gasteiger partial charge is 0.321 e. The van der Waals surface area contributed by atoms with Crippen LogP contribution in [0.15, 0.2) is 89.0 Å². The summed E-state index contributed by atoms with van der Waals surface area (Å²) in [5.74, 6) is -0.178. The molecule has 0 spiro atoms. The van der Waals surface area contributed by atoms with Crippen LogP contribution in [0.4, 0.5) is 0 Å². The Kier molecular flexibility index (Phi) is 4.67. The predicted octanol–water partition coefficient (Wildman–Crippen LogP) is 4.29. The third-order valence-electron chi connectivity index (χ3n) is 5.57. The van der Waals surface area contributed by atoms with Crippen molar-refractivity contribution < 1.29 is 4.79 Å². The van der Waals surface area contributed by atoms with Gasteiger partial charge in [-0.1, -0.05) is 54.6 Å². The number of para-hydroxylation sites is 1. The Labute approximate surface area is 178 Å². The third kappa shape index (κ3) is 3.32. The Bertz CT molecular complexity index is 1360. The molecule has 152 valence electrons. The smallest absolute Gasteiger partial charge is 0.258 e. The van der Waals surface area contributed by atoms with Gasteiger partial charge in [0.2, 0.25) is 5.91 Å². The van der Waals surface area contributed by atoms with E-state index in [-0.39, 0.29) is 17.5 Å². The van der Waals surface area contributed by atoms with Gasteiger partial charge in [0.1, 0.15) is 0 Å². The molecule has 6 heteroatoms. The van der Waals surface area contributed by atoms with Gasteiger partial charge >= 0.3 is 0 Å². The molecule has 0 fully saturated rings. The molecule has 2 aromatic carbocycles. The Hall–Kier alpha value is -4.06. The molecule has 6 nitrogen and oxygen atoms in total. The Morgan fingerprint density at radius 3 is 2.52 bits per heavy atom. The number of aromatic amines is 1. The molecular weight excluding hydrogens is 388 g/mol. The molecule has 31 heavy (non-hydrogen) atoms. The lowest BCUT2D eigenvalue weighted by Crippen LogP contribution is -2.24. The number of hydrogen-bond acceptors (Lipinski definition) is 4. The van der Waals surface area contributed by atoms with E-state index in [4.69, 9.17) is 0 Å². The first kappa shape index (κ1) is 18.9. The lowest BCUT2D eigenvalue weighted by molar-refractivity contribution is -0.130. The summed E-state index contributed by atoms with van der Waals surface area (Å²) in [7, 11) is 0. The topological polar surface area (TPSA) is 78.4 Å². The zero-order valence-corrected chi connectivity index (χ0v) is 16.9. The van der Waals surface area contributed by atoms with E-state index in [1.165, 1.54) is 11.9 Å². The molecule has 0 saturated carbocycles. The second kappa shape index (κ2) is 7.65. The van der Waals surface area contributed by atoms with Gasteiger partial charge in [0, 0.05) is 42.2 Å². The normalized spacial score (nSPS) is 15.8. The van der Waals surface area contributed by atoms with E-state index in [0.717, 1.165) is 27.6 Å². The number of hydrogen-bond donors (Lipinski definition) is 1. The van der Waals surface area contributed by atoms with Crippen LogP contribution in [0.5, 0.6) is 0 Å². The van der Waals surface area contributed by atoms with Crippen LogP contribution in [0.25, 0.3) is 22.0 Å². The van der Waals surface area contributed by atoms with Gasteiger partial charge in [0.05, 0.1) is 17.3 Å². The van der Waals surface area contributed by atoms with E-state index in [1.54, 1.807) is 12.4 Å². The molecule has 1 atom stereocenters. The van der Waals surface area contributed by atoms with Crippen LogP contribution < -0.4 is 5.56 Å². The molecule has 0 radical (unpaired) electrons. The molecular formula is C25H20N4O2. The number of rotatable bonds is 3. The Morgan fingerprint density at radius 2 is 1.77 bits per heavy atom. The van der Waals surface area contributed by atoms with Crippen molar-refractivity contribution in [1.29, 1.82) is 0 Å². The van der Waals surface area contributed by atoms with Crippen LogP contribution >= 0.6 is 0 Å². The second-order valence-electron chi connectivity index (χ2n) is 7.53. The lowest BCUT2D eigenvalue weighted by Gasteiger charge is -2.19. The number of hydrazone groups is 1. The SMILES string of the molecule is CC(=O)N1N=C(c2c(-c3ccccc3)c3ccccc3[nH]c2=O)CC1c1cccnc1. The van der Waals surface area contributed by atoms with Crippen LogP contribution in [0.1, 0.15) is 30.5 Å². The zero-order chi connectivity index (χ0) is 21.4. The molecule has 0 saturated heterocycles. The van der Waals surface area contributed by atoms with Gasteiger partial charge in [-0.2, -0.15) is 5.10 Å². The van der Waals surface area contributed by atoms with E-state index in [1.807, 2.05) is 66.7 Å². The minimum atomic E-state index is -0.296. The van der Waals surface area contributed by atoms with Crippen LogP contribution in [0, 0.1) is 0 Å². The maximum absolute atomic E-state index is 13.3. The third-order valence-corrected chi connectivity index (χ3v) is 5.57. The van der Waals surface area contributed by atoms with E-state index in [2.05, 4.69) is 15.1 Å². The fraction of sp³-hybridized carbons (Fsp3) is 0.120. The quantitative estimate of drug-likeness (QED) is 0.549. The van der Waals surface area contributed by atoms with Crippen molar-refractivity contribution in [3.05, 3.63) is 101 Å². The predicted molar refractivity (Wildman–Crippen MR) is 121 cm³/mol. The second-order valence-corrected chi connectivity index (χ2v) is 7.53. The van der Waals surface area contributed by atoms with Crippen molar-refractivity contribution >= 4 is 22.5 Å². The average molecular weight is 408 g/mol. The van der Waals surface area contributed by atoms with Gasteiger partial charge in [0.15, 0.2) is 0 Å². The maximum Gasteiger partial charge on any atom is 0.258 e. The summed E-state index contributed by atoms with van der Waals surface area (Å²) in [6.07, 6.45) is 3.87. The number of pyridine rings is 2. The number of fused-ring (bicyclic) bond motifs is 1. The summed E-state index contributed by atoms with van der Waals surface area (Å²) >= 11 is 0. The molecule has 1 aliphatic heterocycles. The van der Waals surface area contributed by atoms with Crippen LogP contribution in [-0.2, 0) is 4.79 Å². The highest BCUT2D eigenvalue weighted by Gasteiger charge is 2.34. The molecule has 0 bridgehead atoms. The molecule has 1 amide bonds. The Morgan fingerprint density at radius 1 is 1.00 bits per heavy atom. The summed E-state index contributed by atoms with van der Waals surface area (Å²) in [5.41, 5.74) is 4.29. The zero-order valence-electron chi connectivity index (χ0n) is 16.9. The lowest BCUT2D eigenvalue weighted by atomic mass is 9.91. The summed E-state index contributed by atoms with van der Waals surface area (Å²) in [4.78, 5) is 32.8. The standard InChI is InChI=1S/C25H20N4O2/c1-16(30)29-22(18-10-7-13-26-15-18)14-21(28-29)24-23(17-8-3-2-4-9-17)19-11-5-6-12-20(19)27-25(24)31/h2-13,15,22H,14H2,1H3,(H,27,31). The van der Waals surface area contributed by atoms with Crippen molar-refractivity contribution in [3.8, 4) is 11.1 Å². The molecule has 4 aromatic rings. The number of nitrogens with zero attached hydrogens (tertiary/aromatic N) is 3. The first-order valence-electron chi connectivity index (χ1n) is 10.1. The van der Waals surface area contributed by atoms with Crippen molar-refractivity contribution in [2.75, 3.05) is 0 Å². The van der Waals surface area contributed by atoms with Crippen molar-refractivity contribution in [2.24, 2.45) is 5.10 Å². The van der Waals surface area contributed by atoms with Gasteiger partial charge in [-0.15, -0.1) is 0 Å². The number of benzene rings is 2. The van der Waals surface area contributed by atoms with Gasteiger partial charge in [0.25, 0.3) is 5.56 Å². The molecule has 1 aliphatic rings. The number of carbonyl (C=O) groups is 1. The molecule has 1 unspecified atom stereocenters. The highest BCUT2D eigenvalue weighted by Crippen LogP contribution is 2.36. The van der Waals surface area contributed by atoms with Crippen LogP contribution in [-0.4, -0.2) is 26.6 Å². The molecule has 5 rings (SSSR count). The number of H-pyrrole nitrogens is 1. The highest BCUT2D eigenvalue weighted by molar-refractivity contribution is 6.12. The fourth-order valence-electron chi connectivity index (χ4n) is 4.21. The highest BCUT2D eigenvalue weighted by atomic mass is 16.2. The van der Waals surface area contributed by atoms with Crippen molar-refractivity contribution in [3.63, 3.8) is 0 Å². The first-order chi connectivity index (χ1) is 15.1. The number of amides is 1. The average Bonchev–Trinajstić information content (AvgIpc) is 3.25. The summed E-state index contributed by atoms with van der Waals surface area (Å²) in [6.45, 7) is 1.48. The number of nitrogens with one attached hydrogen (secondary N) is 1. The summed E-state index contributed by atoms with van der Waals surface area (Å²) in [5, 5.41) is 7.01. The van der Waals surface area contributed by atoms with Gasteiger partial charge in [-0.05, 0) is 23.3 Å². The van der Waals surface area contributed by atoms with E-state index < -0.39 is 0 Å². The Balaban J connectivity index is 1.74.